The third kappa shape index (κ3) is 2.33. The topological polar surface area (TPSA) is 29.9 Å². The minimum Gasteiger partial charge on any atom is -0.334 e. The van der Waals surface area contributed by atoms with Gasteiger partial charge in [-0.3, -0.25) is 0 Å². The first-order valence-corrected chi connectivity index (χ1v) is 7.40. The molecular weight excluding hydrogens is 222 g/mol. The molecule has 2 fully saturated rings. The van der Waals surface area contributed by atoms with Crippen molar-refractivity contribution in [3.8, 4) is 0 Å². The van der Waals surface area contributed by atoms with Crippen molar-refractivity contribution in [3.63, 3.8) is 0 Å². The zero-order valence-electron chi connectivity index (χ0n) is 11.7. The van der Waals surface area contributed by atoms with Crippen LogP contribution in [0.15, 0.2) is 12.5 Å². The molecule has 1 saturated heterocycles. The van der Waals surface area contributed by atoms with Crippen molar-refractivity contribution < 1.29 is 0 Å². The summed E-state index contributed by atoms with van der Waals surface area (Å²) in [7, 11) is 0. The molecule has 0 bridgehead atoms. The maximum absolute atomic E-state index is 4.42. The Morgan fingerprint density at radius 2 is 2.17 bits per heavy atom. The lowest BCUT2D eigenvalue weighted by Gasteiger charge is -2.35. The number of rotatable bonds is 4. The van der Waals surface area contributed by atoms with Crippen molar-refractivity contribution in [1.82, 2.24) is 14.9 Å². The van der Waals surface area contributed by atoms with Gasteiger partial charge in [0.05, 0.1) is 6.33 Å². The molecule has 1 N–H and O–H groups in total. The molecule has 3 rings (SSSR count). The summed E-state index contributed by atoms with van der Waals surface area (Å²) in [5.74, 6) is 1.78. The number of hydrogen-bond donors (Lipinski definition) is 1. The number of piperidine rings is 1. The lowest BCUT2D eigenvalue weighted by atomic mass is 9.78. The molecule has 0 radical (unpaired) electrons. The van der Waals surface area contributed by atoms with Crippen LogP contribution in [0.3, 0.4) is 0 Å². The number of imidazole rings is 1. The predicted octanol–water partition coefficient (Wildman–Crippen LogP) is 2.57. The highest BCUT2D eigenvalue weighted by Gasteiger charge is 2.33. The highest BCUT2D eigenvalue weighted by Crippen LogP contribution is 2.38. The van der Waals surface area contributed by atoms with E-state index in [1.165, 1.54) is 31.4 Å². The minimum atomic E-state index is 0.324. The molecule has 3 heteroatoms. The highest BCUT2D eigenvalue weighted by molar-refractivity contribution is 5.15. The lowest BCUT2D eigenvalue weighted by molar-refractivity contribution is 0.307. The second-order valence-electron chi connectivity index (χ2n) is 6.56. The summed E-state index contributed by atoms with van der Waals surface area (Å²) in [5, 5.41) is 3.46. The Bertz CT molecular complexity index is 400. The standard InChI is InChI=1S/C15H25N3/c1-12(13-3-4-13)10-18-11-17-9-14(18)15(2)5-7-16-8-6-15/h9,11-13,16H,3-8,10H2,1-2H3. The Balaban J connectivity index is 1.77. The first-order chi connectivity index (χ1) is 8.69. The molecule has 2 aliphatic rings. The monoisotopic (exact) mass is 247 g/mol. The molecular formula is C15H25N3. The van der Waals surface area contributed by atoms with Crippen LogP contribution in [0, 0.1) is 11.8 Å². The van der Waals surface area contributed by atoms with Crippen LogP contribution in [0.4, 0.5) is 0 Å². The smallest absolute Gasteiger partial charge is 0.0948 e. The van der Waals surface area contributed by atoms with E-state index in [9.17, 15) is 0 Å². The fourth-order valence-corrected chi connectivity index (χ4v) is 3.33. The summed E-state index contributed by atoms with van der Waals surface area (Å²) < 4.78 is 2.42. The molecule has 1 saturated carbocycles. The molecule has 1 atom stereocenters. The first kappa shape index (κ1) is 12.2. The molecule has 100 valence electrons. The van der Waals surface area contributed by atoms with E-state index in [0.29, 0.717) is 5.41 Å². The third-order valence-corrected chi connectivity index (χ3v) is 4.95. The van der Waals surface area contributed by atoms with Gasteiger partial charge in [-0.2, -0.15) is 0 Å². The van der Waals surface area contributed by atoms with Gasteiger partial charge in [-0.1, -0.05) is 13.8 Å². The molecule has 0 aromatic carbocycles. The second-order valence-corrected chi connectivity index (χ2v) is 6.56. The number of nitrogens with one attached hydrogen (secondary N) is 1. The Kier molecular flexibility index (Phi) is 3.18. The summed E-state index contributed by atoms with van der Waals surface area (Å²) >= 11 is 0. The molecule has 1 aromatic rings. The van der Waals surface area contributed by atoms with Crippen molar-refractivity contribution in [2.75, 3.05) is 13.1 Å². The van der Waals surface area contributed by atoms with Crippen molar-refractivity contribution >= 4 is 0 Å². The number of aromatic nitrogens is 2. The number of nitrogens with zero attached hydrogens (tertiary/aromatic N) is 2. The van der Waals surface area contributed by atoms with Crippen LogP contribution in [0.2, 0.25) is 0 Å². The average molecular weight is 247 g/mol. The van der Waals surface area contributed by atoms with Crippen LogP contribution in [-0.4, -0.2) is 22.6 Å². The van der Waals surface area contributed by atoms with Gasteiger partial charge < -0.3 is 9.88 Å². The Morgan fingerprint density at radius 3 is 2.83 bits per heavy atom. The predicted molar refractivity (Wildman–Crippen MR) is 73.6 cm³/mol. The summed E-state index contributed by atoms with van der Waals surface area (Å²) in [4.78, 5) is 4.42. The van der Waals surface area contributed by atoms with Gasteiger partial charge in [0, 0.05) is 23.9 Å². The van der Waals surface area contributed by atoms with Gasteiger partial charge in [0.15, 0.2) is 0 Å². The quantitative estimate of drug-likeness (QED) is 0.886. The van der Waals surface area contributed by atoms with Crippen molar-refractivity contribution in [2.24, 2.45) is 11.8 Å². The molecule has 3 nitrogen and oxygen atoms in total. The fourth-order valence-electron chi connectivity index (χ4n) is 3.33. The van der Waals surface area contributed by atoms with Crippen molar-refractivity contribution in [2.45, 2.75) is 51.5 Å². The third-order valence-electron chi connectivity index (χ3n) is 4.95. The Labute approximate surface area is 110 Å². The average Bonchev–Trinajstić information content (AvgIpc) is 3.11. The highest BCUT2D eigenvalue weighted by atomic mass is 15.1. The van der Waals surface area contributed by atoms with Gasteiger partial charge in [-0.15, -0.1) is 0 Å². The SMILES string of the molecule is CC(Cn1cncc1C1(C)CCNCC1)C1CC1. The van der Waals surface area contributed by atoms with E-state index in [4.69, 9.17) is 0 Å². The van der Waals surface area contributed by atoms with E-state index >= 15 is 0 Å². The van der Waals surface area contributed by atoms with Crippen LogP contribution in [-0.2, 0) is 12.0 Å². The molecule has 1 aliphatic carbocycles. The van der Waals surface area contributed by atoms with E-state index in [1.807, 2.05) is 6.33 Å². The first-order valence-electron chi connectivity index (χ1n) is 7.40. The fraction of sp³-hybridized carbons (Fsp3) is 0.800. The zero-order chi connectivity index (χ0) is 12.6. The number of hydrogen-bond acceptors (Lipinski definition) is 2. The van der Waals surface area contributed by atoms with Crippen molar-refractivity contribution in [3.05, 3.63) is 18.2 Å². The van der Waals surface area contributed by atoms with Gasteiger partial charge in [0.2, 0.25) is 0 Å². The van der Waals surface area contributed by atoms with Crippen LogP contribution in [0.5, 0.6) is 0 Å². The largest absolute Gasteiger partial charge is 0.334 e. The molecule has 1 aromatic heterocycles. The van der Waals surface area contributed by atoms with Crippen LogP contribution < -0.4 is 5.32 Å². The minimum absolute atomic E-state index is 0.324. The Hall–Kier alpha value is -0.830. The maximum atomic E-state index is 4.42. The molecule has 1 unspecified atom stereocenters. The van der Waals surface area contributed by atoms with Gasteiger partial charge in [-0.05, 0) is 50.6 Å². The van der Waals surface area contributed by atoms with Crippen LogP contribution in [0.25, 0.3) is 0 Å². The molecule has 18 heavy (non-hydrogen) atoms. The van der Waals surface area contributed by atoms with Crippen molar-refractivity contribution in [1.29, 1.82) is 0 Å². The second kappa shape index (κ2) is 4.69. The van der Waals surface area contributed by atoms with Crippen LogP contribution >= 0.6 is 0 Å². The molecule has 0 spiro atoms. The maximum Gasteiger partial charge on any atom is 0.0948 e. The Morgan fingerprint density at radius 1 is 1.44 bits per heavy atom. The summed E-state index contributed by atoms with van der Waals surface area (Å²) in [6.07, 6.45) is 9.48. The van der Waals surface area contributed by atoms with Crippen LogP contribution in [0.1, 0.15) is 45.2 Å². The van der Waals surface area contributed by atoms with E-state index in [1.54, 1.807) is 0 Å². The van der Waals surface area contributed by atoms with Gasteiger partial charge in [0.25, 0.3) is 0 Å². The van der Waals surface area contributed by atoms with E-state index in [2.05, 4.69) is 34.9 Å². The molecule has 0 amide bonds. The van der Waals surface area contributed by atoms with E-state index in [-0.39, 0.29) is 0 Å². The summed E-state index contributed by atoms with van der Waals surface area (Å²) in [6.45, 7) is 8.23. The summed E-state index contributed by atoms with van der Waals surface area (Å²) in [6, 6.07) is 0. The molecule has 1 aliphatic heterocycles. The van der Waals surface area contributed by atoms with Gasteiger partial charge in [-0.25, -0.2) is 4.98 Å². The summed E-state index contributed by atoms with van der Waals surface area (Å²) in [5.41, 5.74) is 1.78. The zero-order valence-corrected chi connectivity index (χ0v) is 11.7. The van der Waals surface area contributed by atoms with E-state index < -0.39 is 0 Å². The van der Waals surface area contributed by atoms with Gasteiger partial charge >= 0.3 is 0 Å². The lowest BCUT2D eigenvalue weighted by Crippen LogP contribution is -2.39. The van der Waals surface area contributed by atoms with Gasteiger partial charge in [0.1, 0.15) is 0 Å². The normalized spacial score (nSPS) is 25.0. The van der Waals surface area contributed by atoms with E-state index in [0.717, 1.165) is 31.5 Å². The molecule has 2 heterocycles.